The Kier molecular flexibility index (Phi) is 4.74. The Morgan fingerprint density at radius 2 is 1.88 bits per heavy atom. The van der Waals surface area contributed by atoms with Gasteiger partial charge in [0, 0.05) is 6.54 Å². The van der Waals surface area contributed by atoms with Gasteiger partial charge in [0.25, 0.3) is 0 Å². The van der Waals surface area contributed by atoms with Crippen molar-refractivity contribution in [3.8, 4) is 11.5 Å². The highest BCUT2D eigenvalue weighted by atomic mass is 35.6. The molecule has 0 radical (unpaired) electrons. The third-order valence-electron chi connectivity index (χ3n) is 2.01. The topological polar surface area (TPSA) is 78.8 Å². The molecule has 0 saturated heterocycles. The van der Waals surface area contributed by atoms with Gasteiger partial charge in [-0.1, -0.05) is 40.9 Å². The minimum atomic E-state index is -1.70. The van der Waals surface area contributed by atoms with E-state index in [0.29, 0.717) is 13.0 Å². The third-order valence-corrected chi connectivity index (χ3v) is 2.59. The number of benzene rings is 1. The molecule has 0 aromatic heterocycles. The number of hydrogen-bond acceptors (Lipinski definition) is 3. The standard InChI is InChI=1S/C10H11Cl3N2O2/c11-10(12,13)9(14)15-4-3-6-1-2-7(16)8(17)5-6/h1-2,5,16-17H,3-4H2,(H2,14,15). The van der Waals surface area contributed by atoms with Crippen molar-refractivity contribution in [3.63, 3.8) is 0 Å². The fraction of sp³-hybridized carbons (Fsp3) is 0.300. The van der Waals surface area contributed by atoms with Crippen molar-refractivity contribution < 1.29 is 10.2 Å². The lowest BCUT2D eigenvalue weighted by Crippen LogP contribution is -2.28. The Bertz CT molecular complexity index is 430. The van der Waals surface area contributed by atoms with Crippen LogP contribution in [0.4, 0.5) is 0 Å². The molecule has 0 aliphatic heterocycles. The largest absolute Gasteiger partial charge is 0.504 e. The summed E-state index contributed by atoms with van der Waals surface area (Å²) in [6.45, 7) is 0.323. The molecule has 17 heavy (non-hydrogen) atoms. The van der Waals surface area contributed by atoms with Crippen molar-refractivity contribution in [3.05, 3.63) is 23.8 Å². The summed E-state index contributed by atoms with van der Waals surface area (Å²) in [4.78, 5) is 3.90. The van der Waals surface area contributed by atoms with Gasteiger partial charge < -0.3 is 15.9 Å². The predicted molar refractivity (Wildman–Crippen MR) is 70.3 cm³/mol. The van der Waals surface area contributed by atoms with Crippen LogP contribution in [0.2, 0.25) is 0 Å². The van der Waals surface area contributed by atoms with Crippen molar-refractivity contribution >= 4 is 40.6 Å². The maximum atomic E-state index is 9.26. The van der Waals surface area contributed by atoms with E-state index in [1.165, 1.54) is 12.1 Å². The maximum absolute atomic E-state index is 9.26. The van der Waals surface area contributed by atoms with E-state index in [0.717, 1.165) is 5.56 Å². The molecular weight excluding hydrogens is 286 g/mol. The van der Waals surface area contributed by atoms with E-state index < -0.39 is 3.79 Å². The second-order valence-corrected chi connectivity index (χ2v) is 5.62. The number of hydrogen-bond donors (Lipinski definition) is 3. The maximum Gasteiger partial charge on any atom is 0.247 e. The summed E-state index contributed by atoms with van der Waals surface area (Å²) in [7, 11) is 0. The second-order valence-electron chi connectivity index (χ2n) is 3.34. The summed E-state index contributed by atoms with van der Waals surface area (Å²) < 4.78 is -1.70. The first-order chi connectivity index (χ1) is 7.80. The number of rotatable bonds is 3. The molecule has 94 valence electrons. The van der Waals surface area contributed by atoms with E-state index in [-0.39, 0.29) is 17.3 Å². The number of phenolic OH excluding ortho intramolecular Hbond substituents is 2. The van der Waals surface area contributed by atoms with Crippen LogP contribution >= 0.6 is 34.8 Å². The zero-order valence-electron chi connectivity index (χ0n) is 8.70. The minimum Gasteiger partial charge on any atom is -0.504 e. The second kappa shape index (κ2) is 5.67. The molecule has 1 aromatic carbocycles. The molecule has 7 heteroatoms. The SMILES string of the molecule is NC(=NCCc1ccc(O)c(O)c1)C(Cl)(Cl)Cl. The number of phenols is 2. The molecular formula is C10H11Cl3N2O2. The molecule has 0 unspecified atom stereocenters. The van der Waals surface area contributed by atoms with Gasteiger partial charge in [-0.05, 0) is 24.1 Å². The van der Waals surface area contributed by atoms with Crippen molar-refractivity contribution in [2.45, 2.75) is 10.2 Å². The van der Waals surface area contributed by atoms with E-state index in [9.17, 15) is 5.11 Å². The normalized spacial score (nSPS) is 12.8. The average molecular weight is 298 g/mol. The van der Waals surface area contributed by atoms with Gasteiger partial charge in [0.1, 0.15) is 5.84 Å². The van der Waals surface area contributed by atoms with Crippen LogP contribution in [0.3, 0.4) is 0 Å². The number of nitrogens with zero attached hydrogens (tertiary/aromatic N) is 1. The van der Waals surface area contributed by atoms with Gasteiger partial charge in [0.15, 0.2) is 11.5 Å². The quantitative estimate of drug-likeness (QED) is 0.347. The average Bonchev–Trinajstić information content (AvgIpc) is 2.22. The molecule has 0 atom stereocenters. The fourth-order valence-electron chi connectivity index (χ4n) is 1.12. The van der Waals surface area contributed by atoms with E-state index in [1.807, 2.05) is 0 Å². The number of halogens is 3. The fourth-order valence-corrected chi connectivity index (χ4v) is 1.30. The number of aromatic hydroxyl groups is 2. The molecule has 0 fully saturated rings. The molecule has 4 N–H and O–H groups in total. The van der Waals surface area contributed by atoms with E-state index in [1.54, 1.807) is 6.07 Å². The smallest absolute Gasteiger partial charge is 0.247 e. The van der Waals surface area contributed by atoms with Crippen LogP contribution in [-0.4, -0.2) is 26.4 Å². The van der Waals surface area contributed by atoms with Gasteiger partial charge in [-0.25, -0.2) is 0 Å². The van der Waals surface area contributed by atoms with Crippen LogP contribution in [0.15, 0.2) is 23.2 Å². The Hall–Kier alpha value is -0.840. The highest BCUT2D eigenvalue weighted by molar-refractivity contribution is 6.76. The van der Waals surface area contributed by atoms with Gasteiger partial charge in [-0.3, -0.25) is 4.99 Å². The van der Waals surface area contributed by atoms with Crippen molar-refractivity contribution in [2.24, 2.45) is 10.7 Å². The van der Waals surface area contributed by atoms with Gasteiger partial charge in [-0.2, -0.15) is 0 Å². The minimum absolute atomic E-state index is 0.0782. The van der Waals surface area contributed by atoms with Crippen LogP contribution in [-0.2, 0) is 6.42 Å². The molecule has 0 aliphatic carbocycles. The van der Waals surface area contributed by atoms with E-state index >= 15 is 0 Å². The predicted octanol–water partition coefficient (Wildman–Crippen LogP) is 2.37. The Balaban J connectivity index is 2.60. The van der Waals surface area contributed by atoms with E-state index in [4.69, 9.17) is 45.6 Å². The zero-order chi connectivity index (χ0) is 13.1. The number of amidine groups is 1. The lowest BCUT2D eigenvalue weighted by molar-refractivity contribution is 0.403. The Morgan fingerprint density at radius 1 is 1.24 bits per heavy atom. The summed E-state index contributed by atoms with van der Waals surface area (Å²) in [5.41, 5.74) is 6.23. The number of nitrogens with two attached hydrogens (primary N) is 1. The summed E-state index contributed by atoms with van der Waals surface area (Å²) in [5.74, 6) is -0.426. The summed E-state index contributed by atoms with van der Waals surface area (Å²) in [6.07, 6.45) is 0.509. The molecule has 4 nitrogen and oxygen atoms in total. The third kappa shape index (κ3) is 4.50. The molecule has 0 bridgehead atoms. The van der Waals surface area contributed by atoms with Crippen molar-refractivity contribution in [1.29, 1.82) is 0 Å². The number of aliphatic imine (C=N–C) groups is 1. The van der Waals surface area contributed by atoms with Crippen molar-refractivity contribution in [1.82, 2.24) is 0 Å². The van der Waals surface area contributed by atoms with Crippen LogP contribution in [0.5, 0.6) is 11.5 Å². The van der Waals surface area contributed by atoms with Gasteiger partial charge in [-0.15, -0.1) is 0 Å². The summed E-state index contributed by atoms with van der Waals surface area (Å²) in [6, 6.07) is 4.50. The molecule has 1 aromatic rings. The summed E-state index contributed by atoms with van der Waals surface area (Å²) >= 11 is 16.5. The Morgan fingerprint density at radius 3 is 2.41 bits per heavy atom. The van der Waals surface area contributed by atoms with Crippen LogP contribution in [0.25, 0.3) is 0 Å². The highest BCUT2D eigenvalue weighted by Gasteiger charge is 2.24. The lowest BCUT2D eigenvalue weighted by atomic mass is 10.1. The first-order valence-electron chi connectivity index (χ1n) is 4.68. The lowest BCUT2D eigenvalue weighted by Gasteiger charge is -2.09. The molecule has 1 rings (SSSR count). The molecule has 0 amide bonds. The van der Waals surface area contributed by atoms with Gasteiger partial charge in [0.2, 0.25) is 3.79 Å². The zero-order valence-corrected chi connectivity index (χ0v) is 11.0. The molecule has 0 heterocycles. The molecule has 0 spiro atoms. The molecule has 0 aliphatic rings. The first kappa shape index (κ1) is 14.2. The van der Waals surface area contributed by atoms with Gasteiger partial charge >= 0.3 is 0 Å². The van der Waals surface area contributed by atoms with Crippen molar-refractivity contribution in [2.75, 3.05) is 6.54 Å². The monoisotopic (exact) mass is 296 g/mol. The first-order valence-corrected chi connectivity index (χ1v) is 5.82. The number of alkyl halides is 3. The van der Waals surface area contributed by atoms with Gasteiger partial charge in [0.05, 0.1) is 0 Å². The van der Waals surface area contributed by atoms with E-state index in [2.05, 4.69) is 4.99 Å². The highest BCUT2D eigenvalue weighted by Crippen LogP contribution is 2.26. The Labute approximate surface area is 114 Å². The molecule has 0 saturated carbocycles. The van der Waals surface area contributed by atoms with Crippen LogP contribution in [0.1, 0.15) is 5.56 Å². The van der Waals surface area contributed by atoms with Crippen LogP contribution < -0.4 is 5.73 Å². The summed E-state index contributed by atoms with van der Waals surface area (Å²) in [5, 5.41) is 18.4. The van der Waals surface area contributed by atoms with Crippen LogP contribution in [0, 0.1) is 0 Å².